The zero-order chi connectivity index (χ0) is 10.8. The molecule has 15 heavy (non-hydrogen) atoms. The number of hydrogen-bond acceptors (Lipinski definition) is 1. The number of rotatable bonds is 1. The van der Waals surface area contributed by atoms with E-state index in [1.807, 2.05) is 0 Å². The summed E-state index contributed by atoms with van der Waals surface area (Å²) in [6.45, 7) is 6.06. The molecule has 1 aliphatic carbocycles. The van der Waals surface area contributed by atoms with E-state index in [0.717, 1.165) is 30.8 Å². The van der Waals surface area contributed by atoms with E-state index in [2.05, 4.69) is 11.8 Å². The lowest BCUT2D eigenvalue weighted by Crippen LogP contribution is -2.45. The molecule has 0 spiro atoms. The van der Waals surface area contributed by atoms with Crippen molar-refractivity contribution in [3.63, 3.8) is 0 Å². The van der Waals surface area contributed by atoms with Gasteiger partial charge in [-0.1, -0.05) is 19.8 Å². The molecule has 86 valence electrons. The largest absolute Gasteiger partial charge is 0.343 e. The van der Waals surface area contributed by atoms with Crippen molar-refractivity contribution < 1.29 is 4.79 Å². The van der Waals surface area contributed by atoms with Gasteiger partial charge in [0, 0.05) is 20.0 Å². The molecule has 0 radical (unpaired) electrons. The Morgan fingerprint density at radius 2 is 2.07 bits per heavy atom. The molecule has 0 aromatic heterocycles. The highest BCUT2D eigenvalue weighted by molar-refractivity contribution is 5.73. The van der Waals surface area contributed by atoms with Gasteiger partial charge in [0.1, 0.15) is 0 Å². The molecule has 1 heterocycles. The molecule has 1 amide bonds. The Hall–Kier alpha value is -0.530. The van der Waals surface area contributed by atoms with E-state index in [1.165, 1.54) is 32.1 Å². The van der Waals surface area contributed by atoms with Gasteiger partial charge in [-0.15, -0.1) is 0 Å². The Morgan fingerprint density at radius 3 is 2.73 bits per heavy atom. The molecule has 1 saturated heterocycles. The van der Waals surface area contributed by atoms with E-state index in [4.69, 9.17) is 0 Å². The maximum Gasteiger partial charge on any atom is 0.219 e. The van der Waals surface area contributed by atoms with E-state index in [0.29, 0.717) is 0 Å². The van der Waals surface area contributed by atoms with Gasteiger partial charge in [0.2, 0.25) is 5.91 Å². The minimum Gasteiger partial charge on any atom is -0.343 e. The van der Waals surface area contributed by atoms with Crippen molar-refractivity contribution in [3.8, 4) is 0 Å². The van der Waals surface area contributed by atoms with Gasteiger partial charge in [-0.2, -0.15) is 0 Å². The molecule has 0 bridgehead atoms. The van der Waals surface area contributed by atoms with Gasteiger partial charge in [-0.25, -0.2) is 0 Å². The van der Waals surface area contributed by atoms with Gasteiger partial charge >= 0.3 is 0 Å². The number of fused-ring (bicyclic) bond motifs is 1. The zero-order valence-corrected chi connectivity index (χ0v) is 10.0. The van der Waals surface area contributed by atoms with Crippen LogP contribution < -0.4 is 0 Å². The number of hydrogen-bond donors (Lipinski definition) is 0. The van der Waals surface area contributed by atoms with Crippen LogP contribution in [0, 0.1) is 17.8 Å². The third-order valence-electron chi connectivity index (χ3n) is 4.50. The van der Waals surface area contributed by atoms with Crippen LogP contribution in [0.2, 0.25) is 0 Å². The second kappa shape index (κ2) is 4.54. The number of likely N-dealkylation sites (tertiary alicyclic amines) is 1. The summed E-state index contributed by atoms with van der Waals surface area (Å²) in [4.78, 5) is 13.4. The first-order valence-corrected chi connectivity index (χ1v) is 6.46. The van der Waals surface area contributed by atoms with Crippen LogP contribution in [0.4, 0.5) is 0 Å². The van der Waals surface area contributed by atoms with Crippen LogP contribution in [0.3, 0.4) is 0 Å². The van der Waals surface area contributed by atoms with Gasteiger partial charge in [0.25, 0.3) is 0 Å². The number of carbonyl (C=O) groups excluding carboxylic acids is 1. The summed E-state index contributed by atoms with van der Waals surface area (Å²) >= 11 is 0. The fourth-order valence-electron chi connectivity index (χ4n) is 3.38. The first-order valence-electron chi connectivity index (χ1n) is 6.46. The standard InChI is InChI=1S/C13H23NO/c1-3-11-4-5-12-6-7-14(10(2)15)9-13(12)8-11/h11-13H,3-9H2,1-2H3/t11?,12?,13-/m1/s1. The molecule has 3 atom stereocenters. The van der Waals surface area contributed by atoms with E-state index in [9.17, 15) is 4.79 Å². The van der Waals surface area contributed by atoms with Crippen molar-refractivity contribution >= 4 is 5.91 Å². The summed E-state index contributed by atoms with van der Waals surface area (Å²) in [5.74, 6) is 2.93. The second-order valence-corrected chi connectivity index (χ2v) is 5.36. The quantitative estimate of drug-likeness (QED) is 0.650. The lowest BCUT2D eigenvalue weighted by molar-refractivity contribution is -0.132. The molecule has 2 fully saturated rings. The predicted molar refractivity (Wildman–Crippen MR) is 61.5 cm³/mol. The summed E-state index contributed by atoms with van der Waals surface area (Å²) in [5, 5.41) is 0. The summed E-state index contributed by atoms with van der Waals surface area (Å²) in [7, 11) is 0. The van der Waals surface area contributed by atoms with E-state index < -0.39 is 0 Å². The van der Waals surface area contributed by atoms with Crippen molar-refractivity contribution in [3.05, 3.63) is 0 Å². The zero-order valence-electron chi connectivity index (χ0n) is 10.0. The fourth-order valence-corrected chi connectivity index (χ4v) is 3.38. The third kappa shape index (κ3) is 2.35. The molecule has 2 rings (SSSR count). The Labute approximate surface area is 93.0 Å². The molecule has 2 heteroatoms. The maximum absolute atomic E-state index is 11.4. The molecule has 0 N–H and O–H groups in total. The Kier molecular flexibility index (Phi) is 3.32. The van der Waals surface area contributed by atoms with E-state index in [-0.39, 0.29) is 5.91 Å². The summed E-state index contributed by atoms with van der Waals surface area (Å²) in [6.07, 6.45) is 6.78. The minimum atomic E-state index is 0.270. The first-order chi connectivity index (χ1) is 7.20. The Morgan fingerprint density at radius 1 is 1.27 bits per heavy atom. The van der Waals surface area contributed by atoms with Crippen LogP contribution in [0.15, 0.2) is 0 Å². The lowest BCUT2D eigenvalue weighted by Gasteiger charge is -2.43. The van der Waals surface area contributed by atoms with Crippen LogP contribution in [0.25, 0.3) is 0 Å². The van der Waals surface area contributed by atoms with Crippen molar-refractivity contribution in [1.29, 1.82) is 0 Å². The molecule has 2 nitrogen and oxygen atoms in total. The maximum atomic E-state index is 11.4. The van der Waals surface area contributed by atoms with Gasteiger partial charge in [0.15, 0.2) is 0 Å². The smallest absolute Gasteiger partial charge is 0.219 e. The van der Waals surface area contributed by atoms with Gasteiger partial charge in [0.05, 0.1) is 0 Å². The Balaban J connectivity index is 1.94. The van der Waals surface area contributed by atoms with Gasteiger partial charge in [-0.05, 0) is 37.0 Å². The van der Waals surface area contributed by atoms with Crippen molar-refractivity contribution in [2.24, 2.45) is 17.8 Å². The summed E-state index contributed by atoms with van der Waals surface area (Å²) in [5.41, 5.74) is 0. The molecule has 2 aliphatic rings. The normalized spacial score (nSPS) is 36.1. The number of amides is 1. The SMILES string of the molecule is CCC1CCC2CCN(C(C)=O)C[C@H]2C1. The van der Waals surface area contributed by atoms with E-state index in [1.54, 1.807) is 6.92 Å². The first kappa shape index (κ1) is 11.0. The van der Waals surface area contributed by atoms with Crippen molar-refractivity contribution in [1.82, 2.24) is 4.90 Å². The monoisotopic (exact) mass is 209 g/mol. The Bertz CT molecular complexity index is 239. The van der Waals surface area contributed by atoms with Crippen LogP contribution >= 0.6 is 0 Å². The fraction of sp³-hybridized carbons (Fsp3) is 0.923. The second-order valence-electron chi connectivity index (χ2n) is 5.36. The van der Waals surface area contributed by atoms with Crippen LogP contribution in [0.1, 0.15) is 46.0 Å². The van der Waals surface area contributed by atoms with Gasteiger partial charge < -0.3 is 4.90 Å². The molecule has 2 unspecified atom stereocenters. The molecule has 0 aromatic carbocycles. The molecule has 1 saturated carbocycles. The van der Waals surface area contributed by atoms with Crippen LogP contribution in [-0.2, 0) is 4.79 Å². The van der Waals surface area contributed by atoms with E-state index >= 15 is 0 Å². The van der Waals surface area contributed by atoms with Crippen molar-refractivity contribution in [2.45, 2.75) is 46.0 Å². The lowest BCUT2D eigenvalue weighted by atomic mass is 9.70. The topological polar surface area (TPSA) is 20.3 Å². The number of piperidine rings is 1. The number of carbonyl (C=O) groups is 1. The highest BCUT2D eigenvalue weighted by Crippen LogP contribution is 2.39. The molecular weight excluding hydrogens is 186 g/mol. The molecule has 0 aromatic rings. The van der Waals surface area contributed by atoms with Gasteiger partial charge in [-0.3, -0.25) is 4.79 Å². The highest BCUT2D eigenvalue weighted by atomic mass is 16.2. The molecular formula is C13H23NO. The highest BCUT2D eigenvalue weighted by Gasteiger charge is 2.34. The predicted octanol–water partition coefficient (Wildman–Crippen LogP) is 2.68. The average Bonchev–Trinajstić information content (AvgIpc) is 2.27. The van der Waals surface area contributed by atoms with Crippen LogP contribution in [0.5, 0.6) is 0 Å². The average molecular weight is 209 g/mol. The minimum absolute atomic E-state index is 0.270. The van der Waals surface area contributed by atoms with Crippen LogP contribution in [-0.4, -0.2) is 23.9 Å². The summed E-state index contributed by atoms with van der Waals surface area (Å²) in [6, 6.07) is 0. The number of nitrogens with zero attached hydrogens (tertiary/aromatic N) is 1. The third-order valence-corrected chi connectivity index (χ3v) is 4.50. The summed E-state index contributed by atoms with van der Waals surface area (Å²) < 4.78 is 0. The molecule has 1 aliphatic heterocycles. The van der Waals surface area contributed by atoms with Crippen molar-refractivity contribution in [2.75, 3.05) is 13.1 Å².